The normalized spacial score (nSPS) is 30.1. The van der Waals surface area contributed by atoms with E-state index in [4.69, 9.17) is 21.9 Å². The molecule has 1 amide bonds. The summed E-state index contributed by atoms with van der Waals surface area (Å²) in [6, 6.07) is 0. The molecule has 1 aliphatic rings. The van der Waals surface area contributed by atoms with Crippen LogP contribution in [0.5, 0.6) is 0 Å². The number of anilines is 2. The van der Waals surface area contributed by atoms with Crippen molar-refractivity contribution < 1.29 is 24.9 Å². The van der Waals surface area contributed by atoms with Gasteiger partial charge in [0, 0.05) is 0 Å². The third-order valence-electron chi connectivity index (χ3n) is 4.27. The molecule has 0 aromatic carbocycles. The SMILES string of the molecule is C[C@@]1(O)[C@H](O)[C@@H](CO)O[C@H]1n1c(N)c(C(N)=O)c2c(N)ncnc21. The molecule has 2 aromatic rings. The van der Waals surface area contributed by atoms with Crippen LogP contribution in [0.15, 0.2) is 6.33 Å². The van der Waals surface area contributed by atoms with E-state index >= 15 is 0 Å². The lowest BCUT2D eigenvalue weighted by Gasteiger charge is -2.28. The highest BCUT2D eigenvalue weighted by Crippen LogP contribution is 2.43. The molecule has 0 saturated carbocycles. The van der Waals surface area contributed by atoms with Gasteiger partial charge in [-0.05, 0) is 6.92 Å². The average Bonchev–Trinajstić information content (AvgIpc) is 2.92. The van der Waals surface area contributed by atoms with Crippen LogP contribution in [-0.2, 0) is 4.74 Å². The van der Waals surface area contributed by atoms with Gasteiger partial charge in [0.05, 0.1) is 17.6 Å². The molecule has 11 heteroatoms. The van der Waals surface area contributed by atoms with Gasteiger partial charge in [-0.15, -0.1) is 0 Å². The van der Waals surface area contributed by atoms with Crippen LogP contribution in [0.4, 0.5) is 11.6 Å². The molecule has 1 aliphatic heterocycles. The van der Waals surface area contributed by atoms with E-state index in [1.54, 1.807) is 0 Å². The molecule has 0 aliphatic carbocycles. The van der Waals surface area contributed by atoms with Crippen LogP contribution < -0.4 is 17.2 Å². The summed E-state index contributed by atoms with van der Waals surface area (Å²) < 4.78 is 6.74. The van der Waals surface area contributed by atoms with Crippen LogP contribution in [0, 0.1) is 0 Å². The van der Waals surface area contributed by atoms with E-state index < -0.39 is 36.6 Å². The largest absolute Gasteiger partial charge is 0.394 e. The maximum Gasteiger partial charge on any atom is 0.253 e. The Bertz CT molecular complexity index is 819. The molecule has 130 valence electrons. The first-order chi connectivity index (χ1) is 11.2. The minimum absolute atomic E-state index is 0.0175. The molecule has 3 heterocycles. The van der Waals surface area contributed by atoms with Gasteiger partial charge >= 0.3 is 0 Å². The van der Waals surface area contributed by atoms with Crippen molar-refractivity contribution in [3.8, 4) is 0 Å². The van der Waals surface area contributed by atoms with Gasteiger partial charge < -0.3 is 37.3 Å². The number of fused-ring (bicyclic) bond motifs is 1. The smallest absolute Gasteiger partial charge is 0.253 e. The number of aromatic nitrogens is 3. The Labute approximate surface area is 135 Å². The van der Waals surface area contributed by atoms with Crippen molar-refractivity contribution in [3.05, 3.63) is 11.9 Å². The Morgan fingerprint density at radius 1 is 1.46 bits per heavy atom. The van der Waals surface area contributed by atoms with Crippen LogP contribution in [0.1, 0.15) is 23.5 Å². The maximum atomic E-state index is 11.8. The standard InChI is InChI=1S/C13H18N6O5/c1-13(23)7(21)4(2-20)24-12(13)19-9(15)6(10(16)22)5-8(14)17-3-18-11(5)19/h3-4,7,12,20-21,23H,2,15H2,1H3,(H2,16,22)(H2,14,17,18)/t4-,7-,12-,13-/m1/s1. The minimum atomic E-state index is -1.82. The van der Waals surface area contributed by atoms with Crippen molar-refractivity contribution in [3.63, 3.8) is 0 Å². The maximum absolute atomic E-state index is 11.8. The van der Waals surface area contributed by atoms with E-state index in [0.717, 1.165) is 6.33 Å². The van der Waals surface area contributed by atoms with Crippen LogP contribution in [0.2, 0.25) is 0 Å². The van der Waals surface area contributed by atoms with E-state index in [0.29, 0.717) is 0 Å². The summed E-state index contributed by atoms with van der Waals surface area (Å²) in [6.07, 6.45) is -2.50. The summed E-state index contributed by atoms with van der Waals surface area (Å²) in [5.74, 6) is -1.01. The third kappa shape index (κ3) is 2.03. The fourth-order valence-electron chi connectivity index (χ4n) is 3.03. The van der Waals surface area contributed by atoms with Crippen molar-refractivity contribution in [1.82, 2.24) is 14.5 Å². The fourth-order valence-corrected chi connectivity index (χ4v) is 3.03. The van der Waals surface area contributed by atoms with Gasteiger partial charge in [0.1, 0.15) is 41.4 Å². The minimum Gasteiger partial charge on any atom is -0.394 e. The Kier molecular flexibility index (Phi) is 3.60. The molecule has 2 aromatic heterocycles. The van der Waals surface area contributed by atoms with E-state index in [1.807, 2.05) is 0 Å². The highest BCUT2D eigenvalue weighted by atomic mass is 16.6. The third-order valence-corrected chi connectivity index (χ3v) is 4.27. The molecule has 4 atom stereocenters. The number of nitrogens with zero attached hydrogens (tertiary/aromatic N) is 3. The van der Waals surface area contributed by atoms with Crippen LogP contribution >= 0.6 is 0 Å². The Morgan fingerprint density at radius 2 is 2.12 bits per heavy atom. The van der Waals surface area contributed by atoms with Crippen molar-refractivity contribution in [2.75, 3.05) is 18.1 Å². The number of primary amides is 1. The van der Waals surface area contributed by atoms with Gasteiger partial charge in [-0.2, -0.15) is 0 Å². The molecule has 1 saturated heterocycles. The number of nitrogen functional groups attached to an aromatic ring is 2. The van der Waals surface area contributed by atoms with Gasteiger partial charge in [0.15, 0.2) is 6.23 Å². The van der Waals surface area contributed by atoms with E-state index in [9.17, 15) is 20.1 Å². The summed E-state index contributed by atoms with van der Waals surface area (Å²) in [4.78, 5) is 19.6. The van der Waals surface area contributed by atoms with Gasteiger partial charge in [0.25, 0.3) is 5.91 Å². The number of hydrogen-bond acceptors (Lipinski definition) is 9. The van der Waals surface area contributed by atoms with Gasteiger partial charge in [-0.3, -0.25) is 9.36 Å². The zero-order chi connectivity index (χ0) is 17.8. The molecular weight excluding hydrogens is 320 g/mol. The van der Waals surface area contributed by atoms with Crippen LogP contribution in [-0.4, -0.2) is 60.2 Å². The van der Waals surface area contributed by atoms with Gasteiger partial charge in [-0.1, -0.05) is 0 Å². The van der Waals surface area contributed by atoms with E-state index in [2.05, 4.69) is 9.97 Å². The van der Waals surface area contributed by atoms with Crippen molar-refractivity contribution in [2.24, 2.45) is 5.73 Å². The van der Waals surface area contributed by atoms with Crippen molar-refractivity contribution in [2.45, 2.75) is 31.0 Å². The van der Waals surface area contributed by atoms with Gasteiger partial charge in [-0.25, -0.2) is 9.97 Å². The highest BCUT2D eigenvalue weighted by Gasteiger charge is 2.54. The molecular formula is C13H18N6O5. The Balaban J connectivity index is 2.30. The Morgan fingerprint density at radius 3 is 2.67 bits per heavy atom. The number of carbonyl (C=O) groups excluding carboxylic acids is 1. The van der Waals surface area contributed by atoms with Crippen molar-refractivity contribution in [1.29, 1.82) is 0 Å². The van der Waals surface area contributed by atoms with E-state index in [1.165, 1.54) is 11.5 Å². The lowest BCUT2D eigenvalue weighted by atomic mass is 9.96. The average molecular weight is 338 g/mol. The zero-order valence-corrected chi connectivity index (χ0v) is 12.7. The predicted octanol–water partition coefficient (Wildman–Crippen LogP) is -2.30. The second-order valence-electron chi connectivity index (χ2n) is 5.83. The first-order valence-electron chi connectivity index (χ1n) is 7.08. The first kappa shape index (κ1) is 16.4. The second-order valence-corrected chi connectivity index (χ2v) is 5.83. The topological polar surface area (TPSA) is 196 Å². The second kappa shape index (κ2) is 5.27. The monoisotopic (exact) mass is 338 g/mol. The zero-order valence-electron chi connectivity index (χ0n) is 12.7. The summed E-state index contributed by atoms with van der Waals surface area (Å²) in [6.45, 7) is 0.796. The number of rotatable bonds is 3. The Hall–Kier alpha value is -2.47. The van der Waals surface area contributed by atoms with Gasteiger partial charge in [0.2, 0.25) is 0 Å². The lowest BCUT2D eigenvalue weighted by Crippen LogP contribution is -2.44. The molecule has 0 spiro atoms. The number of aliphatic hydroxyl groups excluding tert-OH is 2. The van der Waals surface area contributed by atoms with Crippen LogP contribution in [0.25, 0.3) is 11.0 Å². The predicted molar refractivity (Wildman–Crippen MR) is 82.5 cm³/mol. The lowest BCUT2D eigenvalue weighted by molar-refractivity contribution is -0.0939. The summed E-state index contributed by atoms with van der Waals surface area (Å²) in [5.41, 5.74) is 15.4. The van der Waals surface area contributed by atoms with Crippen molar-refractivity contribution >= 4 is 28.6 Å². The summed E-state index contributed by atoms with van der Waals surface area (Å²) >= 11 is 0. The number of nitrogens with two attached hydrogens (primary N) is 3. The quantitative estimate of drug-likeness (QED) is 0.356. The number of amides is 1. The molecule has 0 unspecified atom stereocenters. The highest BCUT2D eigenvalue weighted by molar-refractivity contribution is 6.13. The van der Waals surface area contributed by atoms with Crippen LogP contribution in [0.3, 0.4) is 0 Å². The fraction of sp³-hybridized carbons (Fsp3) is 0.462. The molecule has 0 bridgehead atoms. The molecule has 1 fully saturated rings. The first-order valence-corrected chi connectivity index (χ1v) is 7.08. The number of hydrogen-bond donors (Lipinski definition) is 6. The number of aliphatic hydroxyl groups is 3. The van der Waals surface area contributed by atoms with E-state index in [-0.39, 0.29) is 28.2 Å². The molecule has 9 N–H and O–H groups in total. The number of ether oxygens (including phenoxy) is 1. The number of carbonyl (C=O) groups is 1. The molecule has 11 nitrogen and oxygen atoms in total. The summed E-state index contributed by atoms with van der Waals surface area (Å²) in [7, 11) is 0. The molecule has 0 radical (unpaired) electrons. The summed E-state index contributed by atoms with van der Waals surface area (Å²) in [5, 5.41) is 30.2. The molecule has 24 heavy (non-hydrogen) atoms. The molecule has 3 rings (SSSR count).